The number of thiazole rings is 1. The fourth-order valence-corrected chi connectivity index (χ4v) is 9.92. The Morgan fingerprint density at radius 1 is 0.886 bits per heavy atom. The summed E-state index contributed by atoms with van der Waals surface area (Å²) in [5.74, 6) is 0. The minimum atomic E-state index is -2.60. The molecule has 0 unspecified atom stereocenters. The van der Waals surface area contributed by atoms with Gasteiger partial charge in [0.2, 0.25) is 0 Å². The number of nitrogens with zero attached hydrogens (tertiary/aromatic N) is 1. The largest absolute Gasteiger partial charge is 0.402 e. The third-order valence-electron chi connectivity index (χ3n) is 6.22. The zero-order valence-corrected chi connectivity index (χ0v) is 22.7. The number of nitrogen functional groups attached to an aromatic ring is 1. The summed E-state index contributed by atoms with van der Waals surface area (Å²) in [7, 11) is -2.60. The molecule has 1 aromatic heterocycles. The zero-order chi connectivity index (χ0) is 24.9. The molecule has 3 aromatic carbocycles. The fraction of sp³-hybridized carbons (Fsp3) is 0.276. The van der Waals surface area contributed by atoms with Gasteiger partial charge in [-0.1, -0.05) is 106 Å². The summed E-state index contributed by atoms with van der Waals surface area (Å²) in [4.78, 5) is 4.45. The van der Waals surface area contributed by atoms with Gasteiger partial charge in [-0.25, -0.2) is 4.98 Å². The molecule has 6 heteroatoms. The van der Waals surface area contributed by atoms with Crippen molar-refractivity contribution >= 4 is 35.2 Å². The molecule has 182 valence electrons. The number of rotatable bonds is 9. The Hall–Kier alpha value is -2.77. The second kappa shape index (κ2) is 10.9. The van der Waals surface area contributed by atoms with E-state index in [9.17, 15) is 0 Å². The zero-order valence-electron chi connectivity index (χ0n) is 20.9. The van der Waals surface area contributed by atoms with Crippen LogP contribution in [0.5, 0.6) is 0 Å². The first kappa shape index (κ1) is 25.3. The highest BCUT2D eigenvalue weighted by atomic mass is 32.1. The Balaban J connectivity index is 1.55. The molecular formula is C29H34N2O2SSi. The molecule has 4 rings (SSSR count). The number of aromatic nitrogens is 1. The van der Waals surface area contributed by atoms with Crippen molar-refractivity contribution in [2.75, 3.05) is 12.3 Å². The van der Waals surface area contributed by atoms with Crippen LogP contribution in [0.25, 0.3) is 11.3 Å². The van der Waals surface area contributed by atoms with Gasteiger partial charge in [-0.05, 0) is 27.9 Å². The van der Waals surface area contributed by atoms with E-state index in [1.807, 2.05) is 17.5 Å². The van der Waals surface area contributed by atoms with E-state index in [1.165, 1.54) is 21.7 Å². The Morgan fingerprint density at radius 2 is 1.46 bits per heavy atom. The van der Waals surface area contributed by atoms with Gasteiger partial charge >= 0.3 is 0 Å². The highest BCUT2D eigenvalue weighted by Crippen LogP contribution is 2.37. The highest BCUT2D eigenvalue weighted by molar-refractivity contribution is 7.13. The molecule has 0 saturated heterocycles. The molecular weight excluding hydrogens is 468 g/mol. The first-order valence-electron chi connectivity index (χ1n) is 12.0. The molecule has 2 N–H and O–H groups in total. The maximum Gasteiger partial charge on any atom is 0.261 e. The lowest BCUT2D eigenvalue weighted by Crippen LogP contribution is -2.67. The average Bonchev–Trinajstić information content (AvgIpc) is 3.29. The molecule has 0 aliphatic carbocycles. The Kier molecular flexibility index (Phi) is 7.87. The quantitative estimate of drug-likeness (QED) is 0.291. The summed E-state index contributed by atoms with van der Waals surface area (Å²) in [6, 6.07) is 29.6. The molecule has 0 aliphatic rings. The highest BCUT2D eigenvalue weighted by Gasteiger charge is 2.51. The molecule has 4 nitrogen and oxygen atoms in total. The summed E-state index contributed by atoms with van der Waals surface area (Å²) in [6.45, 7) is 9.99. The minimum Gasteiger partial charge on any atom is -0.402 e. The van der Waals surface area contributed by atoms with E-state index in [-0.39, 0.29) is 11.1 Å². The average molecular weight is 503 g/mol. The van der Waals surface area contributed by atoms with Crippen LogP contribution in [0.2, 0.25) is 5.04 Å². The maximum atomic E-state index is 7.12. The summed E-state index contributed by atoms with van der Waals surface area (Å²) in [5, 5.41) is 5.04. The van der Waals surface area contributed by atoms with Gasteiger partial charge in [0, 0.05) is 10.9 Å². The molecule has 4 aromatic rings. The van der Waals surface area contributed by atoms with Crippen molar-refractivity contribution in [2.24, 2.45) is 0 Å². The maximum absolute atomic E-state index is 7.12. The van der Waals surface area contributed by atoms with E-state index in [0.717, 1.165) is 16.8 Å². The van der Waals surface area contributed by atoms with Gasteiger partial charge in [-0.15, -0.1) is 11.3 Å². The predicted molar refractivity (Wildman–Crippen MR) is 150 cm³/mol. The van der Waals surface area contributed by atoms with Crippen LogP contribution in [0.1, 0.15) is 33.3 Å². The van der Waals surface area contributed by atoms with Crippen LogP contribution in [-0.4, -0.2) is 26.0 Å². The first-order chi connectivity index (χ1) is 16.8. The number of nitrogens with two attached hydrogens (primary N) is 1. The lowest BCUT2D eigenvalue weighted by atomic mass is 10.1. The summed E-state index contributed by atoms with van der Waals surface area (Å²) < 4.78 is 13.3. The molecule has 1 atom stereocenters. The van der Waals surface area contributed by atoms with Crippen molar-refractivity contribution in [1.29, 1.82) is 0 Å². The van der Waals surface area contributed by atoms with Crippen LogP contribution >= 0.6 is 11.3 Å². The van der Waals surface area contributed by atoms with Crippen molar-refractivity contribution in [2.45, 2.75) is 45.4 Å². The van der Waals surface area contributed by atoms with Crippen molar-refractivity contribution in [3.63, 3.8) is 0 Å². The molecule has 0 bridgehead atoms. The van der Waals surface area contributed by atoms with E-state index < -0.39 is 8.32 Å². The van der Waals surface area contributed by atoms with Gasteiger partial charge in [-0.3, -0.25) is 0 Å². The van der Waals surface area contributed by atoms with E-state index in [4.69, 9.17) is 14.9 Å². The molecule has 0 aliphatic heterocycles. The third-order valence-corrected chi connectivity index (χ3v) is 12.1. The summed E-state index contributed by atoms with van der Waals surface area (Å²) in [5.41, 5.74) is 8.90. The Bertz CT molecular complexity index is 1180. The van der Waals surface area contributed by atoms with E-state index in [2.05, 4.69) is 105 Å². The second-order valence-electron chi connectivity index (χ2n) is 9.83. The van der Waals surface area contributed by atoms with Crippen LogP contribution < -0.4 is 16.1 Å². The molecule has 1 heterocycles. The monoisotopic (exact) mass is 502 g/mol. The van der Waals surface area contributed by atoms with Crippen LogP contribution in [-0.2, 0) is 15.8 Å². The van der Waals surface area contributed by atoms with Gasteiger partial charge in [-0.2, -0.15) is 0 Å². The van der Waals surface area contributed by atoms with Gasteiger partial charge < -0.3 is 14.9 Å². The van der Waals surface area contributed by atoms with Crippen molar-refractivity contribution in [3.8, 4) is 11.3 Å². The first-order valence-corrected chi connectivity index (χ1v) is 14.8. The van der Waals surface area contributed by atoms with Crippen molar-refractivity contribution < 1.29 is 9.16 Å². The topological polar surface area (TPSA) is 57.4 Å². The number of hydrogen-bond acceptors (Lipinski definition) is 5. The van der Waals surface area contributed by atoms with Gasteiger partial charge in [0.05, 0.1) is 25.0 Å². The third kappa shape index (κ3) is 5.57. The van der Waals surface area contributed by atoms with Crippen molar-refractivity contribution in [3.05, 3.63) is 95.9 Å². The fourth-order valence-electron chi connectivity index (χ4n) is 4.67. The van der Waals surface area contributed by atoms with E-state index in [0.29, 0.717) is 18.3 Å². The summed E-state index contributed by atoms with van der Waals surface area (Å²) >= 11 is 1.45. The number of hydrogen-bond donors (Lipinski definition) is 1. The number of ether oxygens (including phenoxy) is 1. The molecule has 35 heavy (non-hydrogen) atoms. The summed E-state index contributed by atoms with van der Waals surface area (Å²) in [6.07, 6.45) is -0.0802. The van der Waals surface area contributed by atoms with Crippen LogP contribution in [0.15, 0.2) is 90.3 Å². The SMILES string of the molecule is C[C@@H](COCc1ccccc1-c1csc(N)n1)O[Si](c1ccccc1)(c1ccccc1)C(C)(C)C. The lowest BCUT2D eigenvalue weighted by Gasteiger charge is -2.44. The van der Waals surface area contributed by atoms with E-state index in [1.54, 1.807) is 0 Å². The molecule has 0 spiro atoms. The van der Waals surface area contributed by atoms with Crippen LogP contribution in [0.4, 0.5) is 5.13 Å². The Labute approximate surface area is 213 Å². The van der Waals surface area contributed by atoms with Crippen LogP contribution in [0, 0.1) is 0 Å². The van der Waals surface area contributed by atoms with Gasteiger partial charge in [0.15, 0.2) is 5.13 Å². The number of benzene rings is 3. The van der Waals surface area contributed by atoms with Gasteiger partial charge in [0.1, 0.15) is 0 Å². The molecule has 0 radical (unpaired) electrons. The predicted octanol–water partition coefficient (Wildman–Crippen LogP) is 5.87. The Morgan fingerprint density at radius 3 is 2.00 bits per heavy atom. The van der Waals surface area contributed by atoms with E-state index >= 15 is 0 Å². The minimum absolute atomic E-state index is 0.0683. The van der Waals surface area contributed by atoms with Crippen LogP contribution in [0.3, 0.4) is 0 Å². The van der Waals surface area contributed by atoms with Gasteiger partial charge in [0.25, 0.3) is 8.32 Å². The normalized spacial score (nSPS) is 13.0. The lowest BCUT2D eigenvalue weighted by molar-refractivity contribution is 0.0450. The number of anilines is 1. The molecule has 0 fully saturated rings. The second-order valence-corrected chi connectivity index (χ2v) is 15.0. The van der Waals surface area contributed by atoms with Crippen molar-refractivity contribution in [1.82, 2.24) is 4.98 Å². The smallest absolute Gasteiger partial charge is 0.261 e. The standard InChI is InChI=1S/C29H34N2O2SSi/c1-22(19-32-20-23-13-11-12-18-26(23)27-21-34-28(30)31-27)33-35(29(2,3)4,24-14-7-5-8-15-24)25-16-9-6-10-17-25/h5-18,21-22H,19-20H2,1-4H3,(H2,30,31)/t22-/m0/s1. The molecule has 0 saturated carbocycles. The molecule has 0 amide bonds.